The van der Waals surface area contributed by atoms with Crippen molar-refractivity contribution in [1.82, 2.24) is 45.3 Å². The van der Waals surface area contributed by atoms with Gasteiger partial charge in [0.2, 0.25) is 11.8 Å². The van der Waals surface area contributed by atoms with Crippen molar-refractivity contribution in [3.8, 4) is 0 Å². The van der Waals surface area contributed by atoms with Crippen LogP contribution in [0.1, 0.15) is 64.0 Å². The largest absolute Gasteiger partial charge is 0.444 e. The molecular weight excluding hydrogens is 1050 g/mol. The summed E-state index contributed by atoms with van der Waals surface area (Å²) in [5, 5.41) is 18.3. The molecule has 5 amide bonds. The predicted molar refractivity (Wildman–Crippen MR) is 295 cm³/mol. The highest BCUT2D eigenvalue weighted by atomic mass is 19.1. The number of fused-ring (bicyclic) bond motifs is 2. The number of H-pyrrole nitrogens is 2. The van der Waals surface area contributed by atoms with Crippen molar-refractivity contribution in [2.45, 2.75) is 39.2 Å². The van der Waals surface area contributed by atoms with Gasteiger partial charge in [0.1, 0.15) is 30.4 Å². The molecule has 22 nitrogen and oxygen atoms in total. The maximum atomic E-state index is 14.8. The number of carbonyl (C=O) groups excluding carboxylic acids is 5. The molecule has 0 bridgehead atoms. The highest BCUT2D eigenvalue weighted by Crippen LogP contribution is 2.22. The summed E-state index contributed by atoms with van der Waals surface area (Å²) < 4.78 is 55.9. The average molecular weight is 1120 g/mol. The van der Waals surface area contributed by atoms with Crippen LogP contribution in [-0.2, 0) is 46.1 Å². The number of hydrogen-bond acceptors (Lipinski definition) is 15. The minimum absolute atomic E-state index is 0.0354. The monoisotopic (exact) mass is 1120 g/mol. The summed E-state index contributed by atoms with van der Waals surface area (Å²) in [4.78, 5) is 93.3. The first-order valence-electron chi connectivity index (χ1n) is 26.6. The van der Waals surface area contributed by atoms with E-state index in [2.05, 4.69) is 25.7 Å². The molecule has 8 rings (SSSR count). The molecule has 4 heterocycles. The van der Waals surface area contributed by atoms with Gasteiger partial charge in [-0.3, -0.25) is 28.8 Å². The molecule has 24 heteroatoms. The minimum atomic E-state index is -0.632. The van der Waals surface area contributed by atoms with Gasteiger partial charge >= 0.3 is 6.09 Å². The van der Waals surface area contributed by atoms with Crippen LogP contribution in [0.5, 0.6) is 0 Å². The second-order valence-corrected chi connectivity index (χ2v) is 20.0. The van der Waals surface area contributed by atoms with Gasteiger partial charge in [0.15, 0.2) is 0 Å². The summed E-state index contributed by atoms with van der Waals surface area (Å²) in [6, 6.07) is 23.0. The van der Waals surface area contributed by atoms with E-state index in [0.717, 1.165) is 0 Å². The topological polar surface area (TPSA) is 274 Å². The van der Waals surface area contributed by atoms with Crippen LogP contribution in [0.25, 0.3) is 21.5 Å². The van der Waals surface area contributed by atoms with Gasteiger partial charge in [-0.25, -0.2) is 23.8 Å². The van der Waals surface area contributed by atoms with Crippen LogP contribution in [0.4, 0.5) is 13.6 Å². The van der Waals surface area contributed by atoms with E-state index < -0.39 is 35.1 Å². The third-order valence-electron chi connectivity index (χ3n) is 13.0. The molecule has 2 fully saturated rings. The van der Waals surface area contributed by atoms with Crippen molar-refractivity contribution in [1.29, 1.82) is 0 Å². The smallest absolute Gasteiger partial charge is 0.407 e. The Morgan fingerprint density at radius 2 is 0.951 bits per heavy atom. The van der Waals surface area contributed by atoms with Gasteiger partial charge in [-0.15, -0.1) is 0 Å². The Balaban J connectivity index is 0.000000237. The van der Waals surface area contributed by atoms with Crippen LogP contribution < -0.4 is 22.2 Å². The highest BCUT2D eigenvalue weighted by Gasteiger charge is 2.29. The van der Waals surface area contributed by atoms with Crippen LogP contribution in [-0.4, -0.2) is 194 Å². The summed E-state index contributed by atoms with van der Waals surface area (Å²) in [6.07, 6.45) is 0.100. The standard InChI is InChI=1S/C31H38FN5O7.C26H30FN5O5/c1-31(2,3)44-30(41)33-10-15-42-16-17-43-20-27(38)36-11-13-37(14-12-36)29(40)24-18-21(8-9-25(24)32)19-26-22-6-4-5-7-23(22)28(39)35-34-26;27-22-6-5-18(16-23-19-3-1-2-4-20(19)25(34)30-29-23)15-21(22)26(35)32-10-8-31(9-11-32)24(33)17-37-14-13-36-12-7-28/h4-9,18H,10-17,19-20H2,1-3H3,(H,33,41)(H,35,39);1-6,15H,7-14,16-17,28H2,(H,30,34). The molecule has 81 heavy (non-hydrogen) atoms. The number of aromatic amines is 2. The SMILES string of the molecule is CC(C)(C)OC(=O)NCCOCCOCC(=O)N1CCN(C(=O)c2cc(Cc3n[nH]c(=O)c4ccccc34)ccc2F)CC1.NCCOCCOCC(=O)N1CCN(C(=O)c2cc(Cc3n[nH]c(=O)c4ccccc34)ccc2F)CC1. The van der Waals surface area contributed by atoms with Crippen molar-refractivity contribution in [3.63, 3.8) is 0 Å². The molecule has 0 atom stereocenters. The zero-order valence-corrected chi connectivity index (χ0v) is 45.6. The Bertz CT molecular complexity index is 3260. The maximum absolute atomic E-state index is 14.8. The quantitative estimate of drug-likeness (QED) is 0.0752. The van der Waals surface area contributed by atoms with E-state index in [4.69, 9.17) is 29.4 Å². The Hall–Kier alpha value is -8.03. The Labute approximate surface area is 465 Å². The molecule has 2 aliphatic rings. The lowest BCUT2D eigenvalue weighted by atomic mass is 10.0. The van der Waals surface area contributed by atoms with Gasteiger partial charge in [-0.1, -0.05) is 48.5 Å². The van der Waals surface area contributed by atoms with Crippen molar-refractivity contribution in [2.24, 2.45) is 5.73 Å². The number of aromatic nitrogens is 4. The van der Waals surface area contributed by atoms with Crippen LogP contribution in [0, 0.1) is 11.6 Å². The average Bonchev–Trinajstić information content (AvgIpc) is 3.52. The van der Waals surface area contributed by atoms with E-state index in [0.29, 0.717) is 123 Å². The molecule has 4 aromatic carbocycles. The van der Waals surface area contributed by atoms with Gasteiger partial charge in [0.25, 0.3) is 22.9 Å². The van der Waals surface area contributed by atoms with Crippen LogP contribution in [0.2, 0.25) is 0 Å². The van der Waals surface area contributed by atoms with E-state index in [-0.39, 0.29) is 86.7 Å². The van der Waals surface area contributed by atoms with Gasteiger partial charge in [0, 0.05) is 89.1 Å². The lowest BCUT2D eigenvalue weighted by Gasteiger charge is -2.34. The third kappa shape index (κ3) is 17.5. The summed E-state index contributed by atoms with van der Waals surface area (Å²) in [5.41, 5.74) is 6.71. The molecule has 0 saturated carbocycles. The number of carbonyl (C=O) groups is 5. The van der Waals surface area contributed by atoms with Gasteiger partial charge in [-0.05, 0) is 68.3 Å². The van der Waals surface area contributed by atoms with E-state index >= 15 is 0 Å². The van der Waals surface area contributed by atoms with Gasteiger partial charge in [-0.2, -0.15) is 10.2 Å². The Morgan fingerprint density at radius 3 is 1.37 bits per heavy atom. The number of hydrogen-bond donors (Lipinski definition) is 4. The van der Waals surface area contributed by atoms with E-state index in [1.165, 1.54) is 29.2 Å². The summed E-state index contributed by atoms with van der Waals surface area (Å²) in [5.74, 6) is -2.51. The van der Waals surface area contributed by atoms with Gasteiger partial charge < -0.3 is 54.3 Å². The molecular formula is C57H68F2N10O12. The zero-order valence-electron chi connectivity index (χ0n) is 45.6. The first kappa shape index (κ1) is 60.6. The minimum Gasteiger partial charge on any atom is -0.444 e. The van der Waals surface area contributed by atoms with E-state index in [1.807, 2.05) is 18.2 Å². The summed E-state index contributed by atoms with van der Waals surface area (Å²) in [6.45, 7) is 10.1. The number of nitrogens with two attached hydrogens (primary N) is 1. The van der Waals surface area contributed by atoms with E-state index in [9.17, 15) is 42.3 Å². The van der Waals surface area contributed by atoms with E-state index in [1.54, 1.807) is 77.9 Å². The number of alkyl carbamates (subject to hydrolysis) is 1. The number of ether oxygens (including phenoxy) is 5. The summed E-state index contributed by atoms with van der Waals surface area (Å²) >= 11 is 0. The van der Waals surface area contributed by atoms with Crippen LogP contribution >= 0.6 is 0 Å². The second kappa shape index (κ2) is 29.4. The van der Waals surface area contributed by atoms with Crippen LogP contribution in [0.3, 0.4) is 0 Å². The zero-order chi connectivity index (χ0) is 57.9. The molecule has 0 spiro atoms. The molecule has 0 unspecified atom stereocenters. The molecule has 6 aromatic rings. The first-order valence-corrected chi connectivity index (χ1v) is 26.6. The summed E-state index contributed by atoms with van der Waals surface area (Å²) in [7, 11) is 0. The maximum Gasteiger partial charge on any atom is 0.407 e. The van der Waals surface area contributed by atoms with Crippen molar-refractivity contribution < 1.29 is 56.4 Å². The molecule has 0 radical (unpaired) electrons. The highest BCUT2D eigenvalue weighted by molar-refractivity contribution is 5.96. The fourth-order valence-corrected chi connectivity index (χ4v) is 8.91. The molecule has 2 aromatic heterocycles. The second-order valence-electron chi connectivity index (χ2n) is 20.0. The number of piperazine rings is 2. The lowest BCUT2D eigenvalue weighted by molar-refractivity contribution is -0.138. The molecule has 2 aliphatic heterocycles. The fourth-order valence-electron chi connectivity index (χ4n) is 8.91. The number of benzene rings is 4. The van der Waals surface area contributed by atoms with Gasteiger partial charge in [0.05, 0.1) is 72.9 Å². The first-order chi connectivity index (χ1) is 39.0. The van der Waals surface area contributed by atoms with Crippen molar-refractivity contribution in [2.75, 3.05) is 118 Å². The number of nitrogens with zero attached hydrogens (tertiary/aromatic N) is 6. The number of halogens is 2. The number of amides is 5. The van der Waals surface area contributed by atoms with Crippen LogP contribution in [0.15, 0.2) is 94.5 Å². The third-order valence-corrected chi connectivity index (χ3v) is 13.0. The van der Waals surface area contributed by atoms with Crippen molar-refractivity contribution >= 4 is 51.3 Å². The molecule has 5 N–H and O–H groups in total. The Morgan fingerprint density at radius 1 is 0.556 bits per heavy atom. The molecule has 432 valence electrons. The fraction of sp³-hybridized carbons (Fsp3) is 0.421. The normalized spacial score (nSPS) is 13.7. The number of nitrogens with one attached hydrogen (secondary N) is 3. The molecule has 0 aliphatic carbocycles. The van der Waals surface area contributed by atoms with Crippen molar-refractivity contribution in [3.05, 3.63) is 151 Å². The predicted octanol–water partition coefficient (Wildman–Crippen LogP) is 3.42. The molecule has 2 saturated heterocycles. The number of rotatable bonds is 21. The lowest BCUT2D eigenvalue weighted by Crippen LogP contribution is -2.51. The Kier molecular flexibility index (Phi) is 22.0.